The minimum atomic E-state index is -0.856. The molecule has 0 saturated heterocycles. The Bertz CT molecular complexity index is 614. The molecular formula is C15H20N2O3S. The second-order valence-electron chi connectivity index (χ2n) is 4.90. The predicted molar refractivity (Wildman–Crippen MR) is 81.2 cm³/mol. The van der Waals surface area contributed by atoms with Crippen LogP contribution < -0.4 is 0 Å². The van der Waals surface area contributed by atoms with Crippen LogP contribution in [-0.4, -0.2) is 22.7 Å². The van der Waals surface area contributed by atoms with Gasteiger partial charge in [0, 0.05) is 10.9 Å². The van der Waals surface area contributed by atoms with E-state index in [9.17, 15) is 4.79 Å². The molecule has 2 aromatic rings. The van der Waals surface area contributed by atoms with E-state index in [1.807, 2.05) is 31.5 Å². The van der Waals surface area contributed by atoms with Gasteiger partial charge in [0.1, 0.15) is 5.41 Å². The summed E-state index contributed by atoms with van der Waals surface area (Å²) in [4.78, 5) is 16.8. The molecule has 5 nitrogen and oxygen atoms in total. The van der Waals surface area contributed by atoms with Gasteiger partial charge >= 0.3 is 5.97 Å². The van der Waals surface area contributed by atoms with E-state index in [1.54, 1.807) is 18.3 Å². The van der Waals surface area contributed by atoms with Crippen molar-refractivity contribution in [3.05, 3.63) is 22.2 Å². The third kappa shape index (κ3) is 2.72. The first-order chi connectivity index (χ1) is 10.1. The minimum Gasteiger partial charge on any atom is -0.465 e. The summed E-state index contributed by atoms with van der Waals surface area (Å²) < 4.78 is 10.6. The number of rotatable bonds is 6. The smallest absolute Gasteiger partial charge is 0.321 e. The molecule has 0 bridgehead atoms. The second kappa shape index (κ2) is 6.39. The molecule has 0 N–H and O–H groups in total. The molecule has 0 aliphatic carbocycles. The molecule has 0 amide bonds. The molecule has 0 unspecified atom stereocenters. The third-order valence-corrected chi connectivity index (χ3v) is 4.67. The molecule has 21 heavy (non-hydrogen) atoms. The number of ether oxygens (including phenoxy) is 1. The lowest BCUT2D eigenvalue weighted by Gasteiger charge is -2.24. The molecule has 2 aromatic heterocycles. The Morgan fingerprint density at radius 1 is 1.33 bits per heavy atom. The predicted octanol–water partition coefficient (Wildman–Crippen LogP) is 3.73. The van der Waals surface area contributed by atoms with Gasteiger partial charge in [-0.25, -0.2) is 0 Å². The fraction of sp³-hybridized carbons (Fsp3) is 0.533. The summed E-state index contributed by atoms with van der Waals surface area (Å²) in [5, 5.41) is 8.05. The number of carbonyl (C=O) groups is 1. The van der Waals surface area contributed by atoms with Crippen LogP contribution in [0, 0.1) is 6.92 Å². The fourth-order valence-electron chi connectivity index (χ4n) is 2.31. The second-order valence-corrected chi connectivity index (χ2v) is 5.64. The van der Waals surface area contributed by atoms with Gasteiger partial charge < -0.3 is 9.26 Å². The highest BCUT2D eigenvalue weighted by molar-refractivity contribution is 7.08. The van der Waals surface area contributed by atoms with Crippen molar-refractivity contribution in [2.24, 2.45) is 0 Å². The number of thiophene rings is 1. The summed E-state index contributed by atoms with van der Waals surface area (Å²) in [5.41, 5.74) is 1.19. The summed E-state index contributed by atoms with van der Waals surface area (Å²) in [6.07, 6.45) is 1.12. The topological polar surface area (TPSA) is 65.2 Å². The summed E-state index contributed by atoms with van der Waals surface area (Å²) in [6, 6.07) is 0. The van der Waals surface area contributed by atoms with Crippen LogP contribution in [0.3, 0.4) is 0 Å². The highest BCUT2D eigenvalue weighted by atomic mass is 32.1. The summed E-state index contributed by atoms with van der Waals surface area (Å²) in [5.74, 6) is 0.568. The number of hydrogen-bond acceptors (Lipinski definition) is 6. The number of aryl methyl sites for hydroxylation is 1. The normalized spacial score (nSPS) is 11.6. The molecule has 0 aliphatic heterocycles. The lowest BCUT2D eigenvalue weighted by Crippen LogP contribution is -2.36. The Labute approximate surface area is 128 Å². The van der Waals surface area contributed by atoms with Crippen LogP contribution in [0.1, 0.15) is 45.1 Å². The molecule has 0 aromatic carbocycles. The number of carbonyl (C=O) groups excluding carboxylic acids is 1. The van der Waals surface area contributed by atoms with Crippen molar-refractivity contribution in [3.63, 3.8) is 0 Å². The quantitative estimate of drug-likeness (QED) is 0.761. The van der Waals surface area contributed by atoms with Crippen molar-refractivity contribution in [1.82, 2.24) is 10.1 Å². The van der Waals surface area contributed by atoms with Crippen LogP contribution in [0.25, 0.3) is 11.4 Å². The van der Waals surface area contributed by atoms with Gasteiger partial charge in [-0.05, 0) is 37.6 Å². The molecule has 0 saturated carbocycles. The molecule has 6 heteroatoms. The summed E-state index contributed by atoms with van der Waals surface area (Å²) >= 11 is 1.59. The zero-order valence-corrected chi connectivity index (χ0v) is 13.6. The molecule has 0 fully saturated rings. The zero-order valence-electron chi connectivity index (χ0n) is 12.8. The van der Waals surface area contributed by atoms with Crippen molar-refractivity contribution in [1.29, 1.82) is 0 Å². The van der Waals surface area contributed by atoms with E-state index < -0.39 is 5.41 Å². The molecule has 0 aliphatic rings. The molecule has 2 heterocycles. The van der Waals surface area contributed by atoms with Crippen LogP contribution in [0.5, 0.6) is 0 Å². The lowest BCUT2D eigenvalue weighted by molar-refractivity contribution is -0.151. The van der Waals surface area contributed by atoms with Crippen LogP contribution in [-0.2, 0) is 14.9 Å². The maximum absolute atomic E-state index is 12.3. The minimum absolute atomic E-state index is 0.299. The van der Waals surface area contributed by atoms with Crippen molar-refractivity contribution in [3.8, 4) is 11.4 Å². The molecule has 0 spiro atoms. The summed E-state index contributed by atoms with van der Waals surface area (Å²) in [7, 11) is 0. The van der Waals surface area contributed by atoms with E-state index in [0.29, 0.717) is 31.2 Å². The monoisotopic (exact) mass is 308 g/mol. The Kier molecular flexibility index (Phi) is 4.77. The van der Waals surface area contributed by atoms with Gasteiger partial charge in [-0.3, -0.25) is 4.79 Å². The van der Waals surface area contributed by atoms with Crippen molar-refractivity contribution in [2.75, 3.05) is 6.61 Å². The van der Waals surface area contributed by atoms with Gasteiger partial charge in [0.15, 0.2) is 0 Å². The van der Waals surface area contributed by atoms with Crippen LogP contribution in [0.15, 0.2) is 15.3 Å². The largest absolute Gasteiger partial charge is 0.465 e. The Morgan fingerprint density at radius 3 is 2.57 bits per heavy atom. The molecule has 2 rings (SSSR count). The van der Waals surface area contributed by atoms with Gasteiger partial charge in [-0.1, -0.05) is 19.0 Å². The number of aromatic nitrogens is 2. The van der Waals surface area contributed by atoms with E-state index in [0.717, 1.165) is 11.1 Å². The third-order valence-electron chi connectivity index (χ3n) is 3.81. The number of hydrogen-bond donors (Lipinski definition) is 0. The molecule has 114 valence electrons. The first kappa shape index (κ1) is 15.7. The average Bonchev–Trinajstić information content (AvgIpc) is 3.10. The van der Waals surface area contributed by atoms with Gasteiger partial charge in [0.25, 0.3) is 0 Å². The number of nitrogens with zero attached hydrogens (tertiary/aromatic N) is 2. The highest BCUT2D eigenvalue weighted by Gasteiger charge is 2.44. The molecule has 0 radical (unpaired) electrons. The SMILES string of the molecule is CCOC(=O)C(CC)(CC)c1nc(-c2cscc2C)no1. The maximum atomic E-state index is 12.3. The van der Waals surface area contributed by atoms with Crippen LogP contribution in [0.4, 0.5) is 0 Å². The molecular weight excluding hydrogens is 288 g/mol. The average molecular weight is 308 g/mol. The van der Waals surface area contributed by atoms with E-state index in [2.05, 4.69) is 10.1 Å². The maximum Gasteiger partial charge on any atom is 0.321 e. The zero-order chi connectivity index (χ0) is 15.5. The van der Waals surface area contributed by atoms with Crippen LogP contribution in [0.2, 0.25) is 0 Å². The van der Waals surface area contributed by atoms with Gasteiger partial charge in [0.2, 0.25) is 11.7 Å². The number of esters is 1. The molecule has 0 atom stereocenters. The summed E-state index contributed by atoms with van der Waals surface area (Å²) in [6.45, 7) is 7.99. The Hall–Kier alpha value is -1.69. The van der Waals surface area contributed by atoms with Gasteiger partial charge in [-0.2, -0.15) is 16.3 Å². The Balaban J connectivity index is 2.41. The van der Waals surface area contributed by atoms with Gasteiger partial charge in [-0.15, -0.1) is 0 Å². The first-order valence-electron chi connectivity index (χ1n) is 7.13. The van der Waals surface area contributed by atoms with Crippen molar-refractivity contribution < 1.29 is 14.1 Å². The van der Waals surface area contributed by atoms with Crippen LogP contribution >= 0.6 is 11.3 Å². The highest BCUT2D eigenvalue weighted by Crippen LogP contribution is 2.34. The van der Waals surface area contributed by atoms with Gasteiger partial charge in [0.05, 0.1) is 6.61 Å². The first-order valence-corrected chi connectivity index (χ1v) is 8.07. The Morgan fingerprint density at radius 2 is 2.05 bits per heavy atom. The lowest BCUT2D eigenvalue weighted by atomic mass is 9.82. The van der Waals surface area contributed by atoms with E-state index >= 15 is 0 Å². The van der Waals surface area contributed by atoms with Crippen molar-refractivity contribution in [2.45, 2.75) is 46.0 Å². The van der Waals surface area contributed by atoms with E-state index in [-0.39, 0.29) is 5.97 Å². The fourth-order valence-corrected chi connectivity index (χ4v) is 3.14. The van der Waals surface area contributed by atoms with E-state index in [1.165, 1.54) is 0 Å². The van der Waals surface area contributed by atoms with E-state index in [4.69, 9.17) is 9.26 Å². The standard InChI is InChI=1S/C15H20N2O3S/c1-5-15(6-2,14(18)19-7-3)13-16-12(17-20-13)11-9-21-8-10(11)4/h8-9H,5-7H2,1-4H3. The van der Waals surface area contributed by atoms with Crippen molar-refractivity contribution >= 4 is 17.3 Å².